The molecule has 0 spiro atoms. The van der Waals surface area contributed by atoms with Gasteiger partial charge in [-0.05, 0) is 36.8 Å². The number of nitrogens with zero attached hydrogens (tertiary/aromatic N) is 2. The molecule has 2 aliphatic heterocycles. The number of sulfone groups is 1. The Hall–Kier alpha value is -1.56. The second kappa shape index (κ2) is 7.13. The summed E-state index contributed by atoms with van der Waals surface area (Å²) in [5.41, 5.74) is 2.38. The van der Waals surface area contributed by atoms with Crippen LogP contribution in [0, 0.1) is 5.92 Å². The number of hydrogen-bond donors (Lipinski definition) is 0. The van der Waals surface area contributed by atoms with Crippen LogP contribution in [0.15, 0.2) is 24.3 Å². The molecule has 2 heterocycles. The summed E-state index contributed by atoms with van der Waals surface area (Å²) in [5, 5.41) is 0. The molecule has 6 heteroatoms. The Morgan fingerprint density at radius 2 is 1.96 bits per heavy atom. The highest BCUT2D eigenvalue weighted by Gasteiger charge is 2.30. The molecule has 3 rings (SSSR count). The molecule has 1 unspecified atom stereocenters. The number of para-hydroxylation sites is 1. The van der Waals surface area contributed by atoms with Gasteiger partial charge < -0.3 is 9.80 Å². The first-order valence-corrected chi connectivity index (χ1v) is 10.5. The fourth-order valence-corrected chi connectivity index (χ4v) is 5.55. The van der Waals surface area contributed by atoms with Crippen LogP contribution in [-0.2, 0) is 21.2 Å². The standard InChI is InChI=1S/C18H26N2O3S/c1-19(18(21)12-15-8-11-24(22,23)14-15)13-16-6-2-3-7-17(16)20-9-4-5-10-20/h2-3,6-7,15H,4-5,8-14H2,1H3. The van der Waals surface area contributed by atoms with Crippen LogP contribution in [0.3, 0.4) is 0 Å². The summed E-state index contributed by atoms with van der Waals surface area (Å²) < 4.78 is 23.1. The second-order valence-corrected chi connectivity index (χ2v) is 9.27. The van der Waals surface area contributed by atoms with Gasteiger partial charge in [0.2, 0.25) is 5.91 Å². The van der Waals surface area contributed by atoms with E-state index in [0.717, 1.165) is 18.7 Å². The van der Waals surface area contributed by atoms with E-state index < -0.39 is 9.84 Å². The lowest BCUT2D eigenvalue weighted by molar-refractivity contribution is -0.131. The minimum absolute atomic E-state index is 0.0150. The highest BCUT2D eigenvalue weighted by atomic mass is 32.2. The minimum Gasteiger partial charge on any atom is -0.371 e. The maximum Gasteiger partial charge on any atom is 0.222 e. The Morgan fingerprint density at radius 3 is 2.62 bits per heavy atom. The molecule has 0 N–H and O–H groups in total. The smallest absolute Gasteiger partial charge is 0.222 e. The highest BCUT2D eigenvalue weighted by molar-refractivity contribution is 7.91. The molecule has 0 aromatic heterocycles. The predicted molar refractivity (Wildman–Crippen MR) is 95.7 cm³/mol. The van der Waals surface area contributed by atoms with E-state index in [1.54, 1.807) is 4.90 Å². The highest BCUT2D eigenvalue weighted by Crippen LogP contribution is 2.26. The Balaban J connectivity index is 1.62. The van der Waals surface area contributed by atoms with Gasteiger partial charge in [0.25, 0.3) is 0 Å². The van der Waals surface area contributed by atoms with Crippen LogP contribution in [0.5, 0.6) is 0 Å². The van der Waals surface area contributed by atoms with Crippen LogP contribution < -0.4 is 4.90 Å². The lowest BCUT2D eigenvalue weighted by Gasteiger charge is -2.25. The first-order valence-electron chi connectivity index (χ1n) is 8.72. The van der Waals surface area contributed by atoms with E-state index in [-0.39, 0.29) is 23.3 Å². The number of amides is 1. The SMILES string of the molecule is CN(Cc1ccccc1N1CCCC1)C(=O)CC1CCS(=O)(=O)C1. The first-order chi connectivity index (χ1) is 11.4. The van der Waals surface area contributed by atoms with Crippen LogP contribution in [0.25, 0.3) is 0 Å². The van der Waals surface area contributed by atoms with Crippen molar-refractivity contribution >= 4 is 21.4 Å². The van der Waals surface area contributed by atoms with Crippen molar-refractivity contribution in [2.24, 2.45) is 5.92 Å². The molecule has 0 aliphatic carbocycles. The monoisotopic (exact) mass is 350 g/mol. The van der Waals surface area contributed by atoms with Crippen LogP contribution in [0.2, 0.25) is 0 Å². The van der Waals surface area contributed by atoms with E-state index in [1.807, 2.05) is 19.2 Å². The minimum atomic E-state index is -2.92. The molecule has 5 nitrogen and oxygen atoms in total. The lowest BCUT2D eigenvalue weighted by Crippen LogP contribution is -2.29. The van der Waals surface area contributed by atoms with E-state index in [2.05, 4.69) is 17.0 Å². The van der Waals surface area contributed by atoms with Gasteiger partial charge in [-0.1, -0.05) is 18.2 Å². The average molecular weight is 350 g/mol. The van der Waals surface area contributed by atoms with Gasteiger partial charge in [0, 0.05) is 38.8 Å². The summed E-state index contributed by atoms with van der Waals surface area (Å²) >= 11 is 0. The normalized spacial score (nSPS) is 22.7. The molecular weight excluding hydrogens is 324 g/mol. The summed E-state index contributed by atoms with van der Waals surface area (Å²) in [7, 11) is -1.11. The molecule has 24 heavy (non-hydrogen) atoms. The fraction of sp³-hybridized carbons (Fsp3) is 0.611. The van der Waals surface area contributed by atoms with Gasteiger partial charge in [0.15, 0.2) is 9.84 Å². The van der Waals surface area contributed by atoms with E-state index in [9.17, 15) is 13.2 Å². The summed E-state index contributed by atoms with van der Waals surface area (Å²) in [5.74, 6) is 0.413. The number of rotatable bonds is 5. The zero-order valence-electron chi connectivity index (χ0n) is 14.3. The Morgan fingerprint density at radius 1 is 1.25 bits per heavy atom. The van der Waals surface area contributed by atoms with Crippen molar-refractivity contribution in [1.82, 2.24) is 4.90 Å². The lowest BCUT2D eigenvalue weighted by atomic mass is 10.0. The Labute approximate surface area is 144 Å². The van der Waals surface area contributed by atoms with Crippen molar-refractivity contribution in [3.63, 3.8) is 0 Å². The molecule has 1 aromatic carbocycles. The van der Waals surface area contributed by atoms with Gasteiger partial charge in [-0.2, -0.15) is 0 Å². The molecule has 2 fully saturated rings. The molecule has 0 bridgehead atoms. The van der Waals surface area contributed by atoms with Crippen molar-refractivity contribution in [3.05, 3.63) is 29.8 Å². The zero-order chi connectivity index (χ0) is 17.2. The summed E-state index contributed by atoms with van der Waals surface area (Å²) in [6.45, 7) is 2.73. The zero-order valence-corrected chi connectivity index (χ0v) is 15.1. The van der Waals surface area contributed by atoms with Crippen molar-refractivity contribution in [1.29, 1.82) is 0 Å². The Bertz CT molecular complexity index is 696. The van der Waals surface area contributed by atoms with Crippen LogP contribution >= 0.6 is 0 Å². The molecular formula is C18H26N2O3S. The van der Waals surface area contributed by atoms with Gasteiger partial charge in [0.05, 0.1) is 11.5 Å². The number of carbonyl (C=O) groups is 1. The first kappa shape index (κ1) is 17.3. The molecule has 1 aromatic rings. The van der Waals surface area contributed by atoms with E-state index in [1.165, 1.54) is 18.5 Å². The van der Waals surface area contributed by atoms with Crippen molar-refractivity contribution in [3.8, 4) is 0 Å². The van der Waals surface area contributed by atoms with Crippen molar-refractivity contribution in [2.75, 3.05) is 36.5 Å². The summed E-state index contributed by atoms with van der Waals surface area (Å²) in [6, 6.07) is 8.26. The van der Waals surface area contributed by atoms with Crippen LogP contribution in [0.4, 0.5) is 5.69 Å². The number of hydrogen-bond acceptors (Lipinski definition) is 4. The van der Waals surface area contributed by atoms with Gasteiger partial charge in [-0.3, -0.25) is 4.79 Å². The maximum atomic E-state index is 12.5. The van der Waals surface area contributed by atoms with E-state index >= 15 is 0 Å². The average Bonchev–Trinajstić information content (AvgIpc) is 3.17. The number of carbonyl (C=O) groups excluding carboxylic acids is 1. The third-order valence-corrected chi connectivity index (χ3v) is 6.90. The third kappa shape index (κ3) is 4.09. The maximum absolute atomic E-state index is 12.5. The summed E-state index contributed by atoms with van der Waals surface area (Å²) in [4.78, 5) is 16.6. The topological polar surface area (TPSA) is 57.7 Å². The van der Waals surface area contributed by atoms with Gasteiger partial charge in [-0.15, -0.1) is 0 Å². The predicted octanol–water partition coefficient (Wildman–Crippen LogP) is 2.07. The molecule has 132 valence electrons. The van der Waals surface area contributed by atoms with Crippen LogP contribution in [-0.4, -0.2) is 50.9 Å². The molecule has 1 atom stereocenters. The summed E-state index contributed by atoms with van der Waals surface area (Å²) in [6.07, 6.45) is 3.40. The quantitative estimate of drug-likeness (QED) is 0.816. The number of benzene rings is 1. The Kier molecular flexibility index (Phi) is 5.13. The van der Waals surface area contributed by atoms with Crippen LogP contribution in [0.1, 0.15) is 31.2 Å². The van der Waals surface area contributed by atoms with E-state index in [4.69, 9.17) is 0 Å². The van der Waals surface area contributed by atoms with Crippen molar-refractivity contribution < 1.29 is 13.2 Å². The molecule has 0 radical (unpaired) electrons. The third-order valence-electron chi connectivity index (χ3n) is 5.06. The number of anilines is 1. The fourth-order valence-electron chi connectivity index (χ4n) is 3.69. The van der Waals surface area contributed by atoms with Crippen molar-refractivity contribution in [2.45, 2.75) is 32.2 Å². The van der Waals surface area contributed by atoms with Gasteiger partial charge in [-0.25, -0.2) is 8.42 Å². The molecule has 2 aliphatic rings. The van der Waals surface area contributed by atoms with Gasteiger partial charge in [0.1, 0.15) is 0 Å². The second-order valence-electron chi connectivity index (χ2n) is 7.05. The molecule has 0 saturated carbocycles. The molecule has 1 amide bonds. The largest absolute Gasteiger partial charge is 0.371 e. The van der Waals surface area contributed by atoms with Gasteiger partial charge >= 0.3 is 0 Å². The molecule has 2 saturated heterocycles. The van der Waals surface area contributed by atoms with E-state index in [0.29, 0.717) is 19.4 Å².